The molecule has 0 saturated carbocycles. The fraction of sp³-hybridized carbons (Fsp3) is 1.00. The summed E-state index contributed by atoms with van der Waals surface area (Å²) in [5.41, 5.74) is 0. The number of nitrogens with zero attached hydrogens (tertiary/aromatic N) is 1. The number of hydrogen-bond donors (Lipinski definition) is 2. The molecule has 0 aromatic rings. The molecule has 2 saturated heterocycles. The van der Waals surface area contributed by atoms with Crippen LogP contribution in [0.2, 0.25) is 0 Å². The first-order valence-electron chi connectivity index (χ1n) is 5.49. The highest BCUT2D eigenvalue weighted by atomic mass is 15.2. The maximum absolute atomic E-state index is 3.50. The van der Waals surface area contributed by atoms with Crippen molar-refractivity contribution in [1.82, 2.24) is 15.5 Å². The van der Waals surface area contributed by atoms with Crippen LogP contribution in [-0.2, 0) is 0 Å². The monoisotopic (exact) mass is 183 g/mol. The van der Waals surface area contributed by atoms with Crippen molar-refractivity contribution in [3.8, 4) is 0 Å². The van der Waals surface area contributed by atoms with Crippen LogP contribution in [-0.4, -0.2) is 50.7 Å². The lowest BCUT2D eigenvalue weighted by Crippen LogP contribution is -2.55. The minimum absolute atomic E-state index is 0.765. The van der Waals surface area contributed by atoms with Gasteiger partial charge < -0.3 is 15.5 Å². The van der Waals surface area contributed by atoms with Crippen molar-refractivity contribution in [2.75, 3.05) is 39.8 Å². The molecule has 2 aliphatic rings. The van der Waals surface area contributed by atoms with Gasteiger partial charge in [0.25, 0.3) is 0 Å². The lowest BCUT2D eigenvalue weighted by atomic mass is 9.90. The summed E-state index contributed by atoms with van der Waals surface area (Å²) < 4.78 is 0. The molecule has 13 heavy (non-hydrogen) atoms. The van der Waals surface area contributed by atoms with Gasteiger partial charge in [-0.15, -0.1) is 0 Å². The molecular formula is C10H21N3. The van der Waals surface area contributed by atoms with Gasteiger partial charge in [-0.1, -0.05) is 0 Å². The Kier molecular flexibility index (Phi) is 3.19. The molecule has 0 radical (unpaired) electrons. The lowest BCUT2D eigenvalue weighted by Gasteiger charge is -2.40. The van der Waals surface area contributed by atoms with Crippen LogP contribution < -0.4 is 10.6 Å². The number of piperazine rings is 1. The van der Waals surface area contributed by atoms with Crippen LogP contribution >= 0.6 is 0 Å². The van der Waals surface area contributed by atoms with Crippen LogP contribution in [0.3, 0.4) is 0 Å². The highest BCUT2D eigenvalue weighted by molar-refractivity contribution is 4.86. The Bertz CT molecular complexity index is 154. The lowest BCUT2D eigenvalue weighted by molar-refractivity contribution is 0.125. The second-order valence-electron chi connectivity index (χ2n) is 4.36. The summed E-state index contributed by atoms with van der Waals surface area (Å²) in [5, 5.41) is 6.99. The van der Waals surface area contributed by atoms with Crippen LogP contribution in [0.1, 0.15) is 12.8 Å². The third-order valence-electron chi connectivity index (χ3n) is 3.44. The average Bonchev–Trinajstić information content (AvgIpc) is 2.20. The van der Waals surface area contributed by atoms with Crippen LogP contribution in [0.15, 0.2) is 0 Å². The molecule has 0 aromatic carbocycles. The Morgan fingerprint density at radius 2 is 2.00 bits per heavy atom. The molecule has 3 nitrogen and oxygen atoms in total. The molecule has 2 unspecified atom stereocenters. The number of hydrogen-bond acceptors (Lipinski definition) is 3. The van der Waals surface area contributed by atoms with Gasteiger partial charge in [0.15, 0.2) is 0 Å². The van der Waals surface area contributed by atoms with Crippen LogP contribution in [0.4, 0.5) is 0 Å². The molecule has 2 fully saturated rings. The van der Waals surface area contributed by atoms with Crippen molar-refractivity contribution in [1.29, 1.82) is 0 Å². The maximum Gasteiger partial charge on any atom is 0.0258 e. The zero-order valence-corrected chi connectivity index (χ0v) is 8.55. The van der Waals surface area contributed by atoms with Gasteiger partial charge in [0.05, 0.1) is 0 Å². The van der Waals surface area contributed by atoms with Gasteiger partial charge in [-0.25, -0.2) is 0 Å². The molecule has 3 heteroatoms. The summed E-state index contributed by atoms with van der Waals surface area (Å²) >= 11 is 0. The standard InChI is InChI=1S/C10H21N3/c1-13-6-5-12-8-10(13)9-3-2-4-11-7-9/h9-12H,2-8H2,1H3. The number of piperidine rings is 1. The Morgan fingerprint density at radius 3 is 2.69 bits per heavy atom. The van der Waals surface area contributed by atoms with Crippen LogP contribution in [0.25, 0.3) is 0 Å². The number of likely N-dealkylation sites (N-methyl/N-ethyl adjacent to an activating group) is 1. The molecule has 0 spiro atoms. The topological polar surface area (TPSA) is 27.3 Å². The van der Waals surface area contributed by atoms with Gasteiger partial charge in [-0.05, 0) is 38.9 Å². The normalized spacial score (nSPS) is 37.6. The van der Waals surface area contributed by atoms with Crippen molar-refractivity contribution in [2.45, 2.75) is 18.9 Å². The largest absolute Gasteiger partial charge is 0.316 e. The van der Waals surface area contributed by atoms with E-state index in [-0.39, 0.29) is 0 Å². The summed E-state index contributed by atoms with van der Waals surface area (Å²) in [5.74, 6) is 0.867. The Balaban J connectivity index is 1.88. The van der Waals surface area contributed by atoms with Crippen molar-refractivity contribution in [2.24, 2.45) is 5.92 Å². The Hall–Kier alpha value is -0.120. The van der Waals surface area contributed by atoms with Gasteiger partial charge in [0.1, 0.15) is 0 Å². The molecule has 0 aromatic heterocycles. The third kappa shape index (κ3) is 2.22. The average molecular weight is 183 g/mol. The van der Waals surface area contributed by atoms with Gasteiger partial charge >= 0.3 is 0 Å². The Labute approximate surface area is 80.9 Å². The van der Waals surface area contributed by atoms with E-state index in [1.54, 1.807) is 0 Å². The Morgan fingerprint density at radius 1 is 1.15 bits per heavy atom. The highest BCUT2D eigenvalue weighted by Gasteiger charge is 2.28. The van der Waals surface area contributed by atoms with E-state index in [1.807, 2.05) is 0 Å². The second-order valence-corrected chi connectivity index (χ2v) is 4.36. The van der Waals surface area contributed by atoms with Crippen molar-refractivity contribution in [3.05, 3.63) is 0 Å². The van der Waals surface area contributed by atoms with E-state index in [0.29, 0.717) is 0 Å². The van der Waals surface area contributed by atoms with Gasteiger partial charge in [-0.3, -0.25) is 0 Å². The SMILES string of the molecule is CN1CCNCC1C1CCCNC1. The molecule has 0 aliphatic carbocycles. The third-order valence-corrected chi connectivity index (χ3v) is 3.44. The van der Waals surface area contributed by atoms with Crippen LogP contribution in [0, 0.1) is 5.92 Å². The molecule has 0 bridgehead atoms. The molecule has 2 heterocycles. The molecule has 0 amide bonds. The van der Waals surface area contributed by atoms with Crippen molar-refractivity contribution in [3.63, 3.8) is 0 Å². The zero-order chi connectivity index (χ0) is 9.10. The zero-order valence-electron chi connectivity index (χ0n) is 8.55. The first kappa shape index (κ1) is 9.44. The minimum atomic E-state index is 0.765. The number of nitrogens with one attached hydrogen (secondary N) is 2. The first-order chi connectivity index (χ1) is 6.38. The fourth-order valence-corrected chi connectivity index (χ4v) is 2.56. The van der Waals surface area contributed by atoms with E-state index < -0.39 is 0 Å². The quantitative estimate of drug-likeness (QED) is 0.594. The molecular weight excluding hydrogens is 162 g/mol. The van der Waals surface area contributed by atoms with Crippen LogP contribution in [0.5, 0.6) is 0 Å². The summed E-state index contributed by atoms with van der Waals surface area (Å²) in [4.78, 5) is 2.52. The highest BCUT2D eigenvalue weighted by Crippen LogP contribution is 2.19. The summed E-state index contributed by atoms with van der Waals surface area (Å²) in [6, 6.07) is 0.765. The van der Waals surface area contributed by atoms with E-state index in [9.17, 15) is 0 Å². The molecule has 2 N–H and O–H groups in total. The van der Waals surface area contributed by atoms with E-state index in [1.165, 1.54) is 39.0 Å². The molecule has 76 valence electrons. The maximum atomic E-state index is 3.50. The predicted molar refractivity (Wildman–Crippen MR) is 54.9 cm³/mol. The van der Waals surface area contributed by atoms with Gasteiger partial charge in [-0.2, -0.15) is 0 Å². The summed E-state index contributed by atoms with van der Waals surface area (Å²) in [7, 11) is 2.26. The summed E-state index contributed by atoms with van der Waals surface area (Å²) in [6.45, 7) is 5.99. The molecule has 2 aliphatic heterocycles. The van der Waals surface area contributed by atoms with E-state index in [4.69, 9.17) is 0 Å². The molecule has 2 rings (SSSR count). The fourth-order valence-electron chi connectivity index (χ4n) is 2.56. The minimum Gasteiger partial charge on any atom is -0.316 e. The smallest absolute Gasteiger partial charge is 0.0258 e. The van der Waals surface area contributed by atoms with Crippen molar-refractivity contribution < 1.29 is 0 Å². The van der Waals surface area contributed by atoms with Gasteiger partial charge in [0.2, 0.25) is 0 Å². The number of rotatable bonds is 1. The van der Waals surface area contributed by atoms with E-state index >= 15 is 0 Å². The summed E-state index contributed by atoms with van der Waals surface area (Å²) in [6.07, 6.45) is 2.76. The van der Waals surface area contributed by atoms with Crippen molar-refractivity contribution >= 4 is 0 Å². The predicted octanol–water partition coefficient (Wildman–Crippen LogP) is -0.110. The second kappa shape index (κ2) is 4.40. The van der Waals surface area contributed by atoms with Gasteiger partial charge in [0, 0.05) is 25.7 Å². The first-order valence-corrected chi connectivity index (χ1v) is 5.49. The molecule has 2 atom stereocenters. The van der Waals surface area contributed by atoms with E-state index in [0.717, 1.165) is 18.5 Å². The van der Waals surface area contributed by atoms with E-state index in [2.05, 4.69) is 22.6 Å².